The fourth-order valence-electron chi connectivity index (χ4n) is 3.07. The Bertz CT molecular complexity index is 655. The van der Waals surface area contributed by atoms with Crippen LogP contribution in [-0.2, 0) is 0 Å². The normalized spacial score (nSPS) is 15.3. The van der Waals surface area contributed by atoms with Crippen LogP contribution in [0, 0.1) is 13.8 Å². The summed E-state index contributed by atoms with van der Waals surface area (Å²) in [6.07, 6.45) is 6.90. The van der Waals surface area contributed by atoms with Gasteiger partial charge in [-0.25, -0.2) is 4.98 Å². The van der Waals surface area contributed by atoms with Crippen molar-refractivity contribution in [2.24, 2.45) is 0 Å². The van der Waals surface area contributed by atoms with E-state index in [0.29, 0.717) is 11.0 Å². The summed E-state index contributed by atoms with van der Waals surface area (Å²) in [5.41, 5.74) is 3.13. The van der Waals surface area contributed by atoms with Crippen LogP contribution in [0.2, 0.25) is 5.02 Å². The van der Waals surface area contributed by atoms with E-state index in [9.17, 15) is 0 Å². The smallest absolute Gasteiger partial charge is 0.229 e. The number of aromatic nitrogens is 2. The monoisotopic (exact) mass is 330 g/mol. The van der Waals surface area contributed by atoms with Crippen LogP contribution in [0.5, 0.6) is 0 Å². The molecule has 1 aliphatic heterocycles. The third kappa shape index (κ3) is 3.94. The zero-order valence-electron chi connectivity index (χ0n) is 13.8. The molecule has 0 saturated carbocycles. The molecular formula is C18H23ClN4. The molecular weight excluding hydrogens is 308 g/mol. The van der Waals surface area contributed by atoms with Crippen molar-refractivity contribution in [3.8, 4) is 0 Å². The molecule has 0 unspecified atom stereocenters. The average Bonchev–Trinajstić information content (AvgIpc) is 2.80. The fourth-order valence-corrected chi connectivity index (χ4v) is 3.44. The highest BCUT2D eigenvalue weighted by Crippen LogP contribution is 2.29. The van der Waals surface area contributed by atoms with Gasteiger partial charge in [0, 0.05) is 19.3 Å². The van der Waals surface area contributed by atoms with E-state index in [1.54, 1.807) is 0 Å². The molecule has 5 heteroatoms. The summed E-state index contributed by atoms with van der Waals surface area (Å²) in [5.74, 6) is 1.59. The minimum absolute atomic E-state index is 0.598. The van der Waals surface area contributed by atoms with Gasteiger partial charge in [-0.15, -0.1) is 0 Å². The zero-order valence-corrected chi connectivity index (χ0v) is 14.5. The number of hydrogen-bond donors (Lipinski definition) is 1. The van der Waals surface area contributed by atoms with Crippen LogP contribution in [0.3, 0.4) is 0 Å². The molecule has 0 spiro atoms. The van der Waals surface area contributed by atoms with Gasteiger partial charge in [-0.2, -0.15) is 4.98 Å². The van der Waals surface area contributed by atoms with Crippen LogP contribution >= 0.6 is 11.6 Å². The van der Waals surface area contributed by atoms with E-state index in [4.69, 9.17) is 11.6 Å². The van der Waals surface area contributed by atoms with Crippen LogP contribution in [0.1, 0.15) is 36.8 Å². The molecule has 0 bridgehead atoms. The summed E-state index contributed by atoms with van der Waals surface area (Å²) in [6.45, 7) is 6.22. The number of anilines is 3. The summed E-state index contributed by atoms with van der Waals surface area (Å²) in [6, 6.07) is 6.04. The van der Waals surface area contributed by atoms with Crippen LogP contribution in [0.4, 0.5) is 17.5 Å². The van der Waals surface area contributed by atoms with Crippen molar-refractivity contribution in [3.63, 3.8) is 0 Å². The second-order valence-electron chi connectivity index (χ2n) is 6.20. The molecule has 4 nitrogen and oxygen atoms in total. The number of aryl methyl sites for hydroxylation is 2. The first-order chi connectivity index (χ1) is 11.1. The van der Waals surface area contributed by atoms with E-state index >= 15 is 0 Å². The molecule has 2 heterocycles. The molecule has 1 N–H and O–H groups in total. The third-order valence-electron chi connectivity index (χ3n) is 4.24. The van der Waals surface area contributed by atoms with Gasteiger partial charge < -0.3 is 10.2 Å². The van der Waals surface area contributed by atoms with Crippen molar-refractivity contribution in [3.05, 3.63) is 40.5 Å². The van der Waals surface area contributed by atoms with Gasteiger partial charge in [-0.05, 0) is 49.9 Å². The van der Waals surface area contributed by atoms with Gasteiger partial charge in [-0.3, -0.25) is 0 Å². The first-order valence-corrected chi connectivity index (χ1v) is 8.63. The number of rotatable bonds is 3. The van der Waals surface area contributed by atoms with E-state index in [0.717, 1.165) is 35.7 Å². The fraction of sp³-hybridized carbons (Fsp3) is 0.444. The molecule has 1 aromatic carbocycles. The highest BCUT2D eigenvalue weighted by atomic mass is 35.5. The Morgan fingerprint density at radius 2 is 1.83 bits per heavy atom. The Morgan fingerprint density at radius 3 is 2.52 bits per heavy atom. The Balaban J connectivity index is 1.83. The van der Waals surface area contributed by atoms with Crippen molar-refractivity contribution >= 4 is 29.1 Å². The van der Waals surface area contributed by atoms with Crippen LogP contribution in [0.25, 0.3) is 0 Å². The molecule has 0 amide bonds. The van der Waals surface area contributed by atoms with Crippen molar-refractivity contribution < 1.29 is 0 Å². The summed E-state index contributed by atoms with van der Waals surface area (Å²) in [5, 5.41) is 3.98. The largest absolute Gasteiger partial charge is 0.356 e. The summed E-state index contributed by atoms with van der Waals surface area (Å²) < 4.78 is 0. The number of nitrogens with one attached hydrogen (secondary N) is 1. The van der Waals surface area contributed by atoms with Crippen LogP contribution in [0.15, 0.2) is 24.4 Å². The predicted octanol–water partition coefficient (Wildman–Crippen LogP) is 4.87. The lowest BCUT2D eigenvalue weighted by molar-refractivity contribution is 0.726. The van der Waals surface area contributed by atoms with Crippen LogP contribution < -0.4 is 10.2 Å². The van der Waals surface area contributed by atoms with Gasteiger partial charge >= 0.3 is 0 Å². The van der Waals surface area contributed by atoms with Gasteiger partial charge in [0.15, 0.2) is 0 Å². The lowest BCUT2D eigenvalue weighted by Gasteiger charge is -2.21. The molecule has 3 rings (SSSR count). The second-order valence-corrected chi connectivity index (χ2v) is 6.61. The maximum atomic E-state index is 6.37. The minimum Gasteiger partial charge on any atom is -0.356 e. The Morgan fingerprint density at radius 1 is 1.09 bits per heavy atom. The lowest BCUT2D eigenvalue weighted by atomic mass is 10.1. The molecule has 1 fully saturated rings. The number of nitrogens with zero attached hydrogens (tertiary/aromatic N) is 3. The Hall–Kier alpha value is -1.81. The first kappa shape index (κ1) is 16.1. The predicted molar refractivity (Wildman–Crippen MR) is 96.9 cm³/mol. The highest BCUT2D eigenvalue weighted by molar-refractivity contribution is 6.33. The highest BCUT2D eigenvalue weighted by Gasteiger charge is 2.13. The topological polar surface area (TPSA) is 41.1 Å². The van der Waals surface area contributed by atoms with E-state index in [2.05, 4.69) is 26.3 Å². The number of benzene rings is 1. The molecule has 122 valence electrons. The van der Waals surface area contributed by atoms with E-state index in [1.807, 2.05) is 32.2 Å². The van der Waals surface area contributed by atoms with Gasteiger partial charge in [0.1, 0.15) is 5.82 Å². The summed E-state index contributed by atoms with van der Waals surface area (Å²) in [7, 11) is 0. The first-order valence-electron chi connectivity index (χ1n) is 8.25. The van der Waals surface area contributed by atoms with Gasteiger partial charge in [0.2, 0.25) is 5.95 Å². The van der Waals surface area contributed by atoms with Crippen molar-refractivity contribution in [1.82, 2.24) is 9.97 Å². The molecule has 1 aromatic heterocycles. The minimum atomic E-state index is 0.598. The van der Waals surface area contributed by atoms with Crippen molar-refractivity contribution in [2.45, 2.75) is 39.5 Å². The quantitative estimate of drug-likeness (QED) is 0.871. The SMILES string of the molecule is Cc1cc(C)c(Nc2nccc(N3CCCCCC3)n2)c(Cl)c1. The molecule has 0 aliphatic carbocycles. The van der Waals surface area contributed by atoms with Gasteiger partial charge in [-0.1, -0.05) is 30.5 Å². The van der Waals surface area contributed by atoms with Crippen molar-refractivity contribution in [1.29, 1.82) is 0 Å². The van der Waals surface area contributed by atoms with Gasteiger partial charge in [0.25, 0.3) is 0 Å². The molecule has 2 aromatic rings. The molecule has 0 radical (unpaired) electrons. The Labute approximate surface area is 142 Å². The maximum Gasteiger partial charge on any atom is 0.229 e. The van der Waals surface area contributed by atoms with Crippen molar-refractivity contribution in [2.75, 3.05) is 23.3 Å². The van der Waals surface area contributed by atoms with Crippen LogP contribution in [-0.4, -0.2) is 23.1 Å². The molecule has 23 heavy (non-hydrogen) atoms. The lowest BCUT2D eigenvalue weighted by Crippen LogP contribution is -2.25. The molecule has 0 atom stereocenters. The van der Waals surface area contributed by atoms with E-state index in [1.165, 1.54) is 25.7 Å². The third-order valence-corrected chi connectivity index (χ3v) is 4.54. The summed E-state index contributed by atoms with van der Waals surface area (Å²) >= 11 is 6.37. The molecule has 1 aliphatic rings. The maximum absolute atomic E-state index is 6.37. The summed E-state index contributed by atoms with van der Waals surface area (Å²) in [4.78, 5) is 11.4. The number of halogens is 1. The standard InChI is InChI=1S/C18H23ClN4/c1-13-11-14(2)17(15(19)12-13)22-18-20-8-7-16(21-18)23-9-5-3-4-6-10-23/h7-8,11-12H,3-6,9-10H2,1-2H3,(H,20,21,22). The van der Waals surface area contributed by atoms with Gasteiger partial charge in [0.05, 0.1) is 10.7 Å². The average molecular weight is 331 g/mol. The Kier molecular flexibility index (Phi) is 5.01. The number of hydrogen-bond acceptors (Lipinski definition) is 4. The zero-order chi connectivity index (χ0) is 16.2. The van der Waals surface area contributed by atoms with E-state index < -0.39 is 0 Å². The second kappa shape index (κ2) is 7.18. The molecule has 1 saturated heterocycles. The van der Waals surface area contributed by atoms with E-state index in [-0.39, 0.29) is 0 Å².